The summed E-state index contributed by atoms with van der Waals surface area (Å²) in [5, 5.41) is 9.53. The van der Waals surface area contributed by atoms with Crippen LogP contribution < -0.4 is 0 Å². The first kappa shape index (κ1) is 27.9. The minimum Gasteiger partial charge on any atom is -0.481 e. The normalized spacial score (nSPS) is 43.4. The number of carboxylic acid groups (broad SMARTS) is 1. The summed E-state index contributed by atoms with van der Waals surface area (Å²) in [5.41, 5.74) is -0.444. The van der Waals surface area contributed by atoms with Gasteiger partial charge >= 0.3 is 23.9 Å². The number of carbonyl (C=O) groups is 4. The van der Waals surface area contributed by atoms with Gasteiger partial charge in [0, 0.05) is 38.5 Å². The topological polar surface area (TPSA) is 116 Å². The molecule has 0 bridgehead atoms. The molecule has 208 valence electrons. The van der Waals surface area contributed by atoms with E-state index in [0.29, 0.717) is 6.42 Å². The Kier molecular flexibility index (Phi) is 7.70. The molecule has 8 nitrogen and oxygen atoms in total. The maximum absolute atomic E-state index is 12.3. The Balaban J connectivity index is 1.73. The van der Waals surface area contributed by atoms with Gasteiger partial charge in [0.2, 0.25) is 0 Å². The Morgan fingerprint density at radius 2 is 1.51 bits per heavy atom. The van der Waals surface area contributed by atoms with Gasteiger partial charge in [-0.15, -0.1) is 0 Å². The quantitative estimate of drug-likeness (QED) is 0.393. The molecular weight excluding hydrogens is 476 g/mol. The summed E-state index contributed by atoms with van der Waals surface area (Å²) in [6.45, 7) is 10.9. The van der Waals surface area contributed by atoms with Crippen LogP contribution in [0.5, 0.6) is 0 Å². The minimum atomic E-state index is -0.812. The van der Waals surface area contributed by atoms with Crippen LogP contribution in [0, 0.1) is 46.3 Å². The number of rotatable bonds is 6. The van der Waals surface area contributed by atoms with Crippen LogP contribution in [0.15, 0.2) is 0 Å². The summed E-state index contributed by atoms with van der Waals surface area (Å²) in [6, 6.07) is 0. The largest absolute Gasteiger partial charge is 0.481 e. The first-order valence-electron chi connectivity index (χ1n) is 14.0. The summed E-state index contributed by atoms with van der Waals surface area (Å²) in [6.07, 6.45) is 5.00. The van der Waals surface area contributed by atoms with Crippen molar-refractivity contribution in [3.63, 3.8) is 0 Å². The molecule has 4 fully saturated rings. The highest BCUT2D eigenvalue weighted by Gasteiger charge is 2.67. The van der Waals surface area contributed by atoms with Gasteiger partial charge in [0.05, 0.1) is 0 Å². The SMILES string of the molecule is CC(=O)OC1CCC2(C)C(C1)CC(OC(C)=O)C1C2CC(OC(C)=O)C2(C)C(C(C)CC(=O)O)CCC12. The summed E-state index contributed by atoms with van der Waals surface area (Å²) >= 11 is 0. The minimum absolute atomic E-state index is 0.0531. The first-order valence-corrected chi connectivity index (χ1v) is 14.0. The molecule has 0 amide bonds. The van der Waals surface area contributed by atoms with Gasteiger partial charge in [-0.1, -0.05) is 20.8 Å². The molecule has 11 unspecified atom stereocenters. The molecule has 0 saturated heterocycles. The summed E-state index contributed by atoms with van der Waals surface area (Å²) < 4.78 is 17.8. The molecule has 1 N–H and O–H groups in total. The summed E-state index contributed by atoms with van der Waals surface area (Å²) in [4.78, 5) is 47.9. The molecule has 0 spiro atoms. The maximum atomic E-state index is 12.3. The van der Waals surface area contributed by atoms with Crippen LogP contribution in [0.1, 0.15) is 92.9 Å². The molecule has 4 rings (SSSR count). The fraction of sp³-hybridized carbons (Fsp3) is 0.862. The second-order valence-corrected chi connectivity index (χ2v) is 12.8. The molecule has 4 saturated carbocycles. The van der Waals surface area contributed by atoms with Crippen molar-refractivity contribution in [2.24, 2.45) is 46.3 Å². The van der Waals surface area contributed by atoms with Gasteiger partial charge in [0.25, 0.3) is 0 Å². The van der Waals surface area contributed by atoms with Crippen molar-refractivity contribution in [2.45, 2.75) is 111 Å². The lowest BCUT2D eigenvalue weighted by molar-refractivity contribution is -0.224. The highest BCUT2D eigenvalue weighted by Crippen LogP contribution is 2.69. The lowest BCUT2D eigenvalue weighted by Gasteiger charge is -2.64. The average Bonchev–Trinajstić information content (AvgIpc) is 3.12. The molecule has 0 aliphatic heterocycles. The summed E-state index contributed by atoms with van der Waals surface area (Å²) in [5.74, 6) is -0.958. The zero-order chi connectivity index (χ0) is 27.3. The highest BCUT2D eigenvalue weighted by atomic mass is 16.6. The molecule has 0 aromatic rings. The zero-order valence-corrected chi connectivity index (χ0v) is 23.2. The molecule has 4 aliphatic rings. The van der Waals surface area contributed by atoms with Crippen molar-refractivity contribution in [1.29, 1.82) is 0 Å². The number of hydrogen-bond donors (Lipinski definition) is 1. The van der Waals surface area contributed by atoms with Crippen LogP contribution in [0.25, 0.3) is 0 Å². The van der Waals surface area contributed by atoms with Gasteiger partial charge in [0.15, 0.2) is 0 Å². The smallest absolute Gasteiger partial charge is 0.303 e. The second kappa shape index (κ2) is 10.2. The number of hydrogen-bond acceptors (Lipinski definition) is 7. The van der Waals surface area contributed by atoms with Crippen LogP contribution in [0.4, 0.5) is 0 Å². The van der Waals surface area contributed by atoms with Crippen molar-refractivity contribution >= 4 is 23.9 Å². The fourth-order valence-corrected chi connectivity index (χ4v) is 9.53. The number of esters is 3. The lowest BCUT2D eigenvalue weighted by Crippen LogP contribution is -2.63. The molecule has 11 atom stereocenters. The van der Waals surface area contributed by atoms with E-state index in [2.05, 4.69) is 13.8 Å². The van der Waals surface area contributed by atoms with Gasteiger partial charge in [-0.05, 0) is 80.0 Å². The van der Waals surface area contributed by atoms with Gasteiger partial charge in [0.1, 0.15) is 18.3 Å². The number of carbonyl (C=O) groups excluding carboxylic acids is 3. The van der Waals surface area contributed by atoms with Crippen LogP contribution in [0.2, 0.25) is 0 Å². The van der Waals surface area contributed by atoms with Gasteiger partial charge in [-0.3, -0.25) is 19.2 Å². The standard InChI is InChI=1S/C29H44O8/c1-15(11-26(33)34)21-7-8-22-27-23(14-25(29(21,22)6)37-18(4)32)28(5)10-9-20(35-16(2)30)12-19(28)13-24(27)36-17(3)31/h15,19-25,27H,7-14H2,1-6H3,(H,33,34). The predicted molar refractivity (Wildman–Crippen MR) is 134 cm³/mol. The summed E-state index contributed by atoms with van der Waals surface area (Å²) in [7, 11) is 0. The second-order valence-electron chi connectivity index (χ2n) is 12.8. The van der Waals surface area contributed by atoms with E-state index in [1.54, 1.807) is 0 Å². The number of carboxylic acids is 1. The van der Waals surface area contributed by atoms with E-state index in [0.717, 1.165) is 38.5 Å². The average molecular weight is 521 g/mol. The molecular formula is C29H44O8. The molecule has 0 aromatic carbocycles. The predicted octanol–water partition coefficient (Wildman–Crippen LogP) is 4.77. The van der Waals surface area contributed by atoms with E-state index in [9.17, 15) is 24.3 Å². The highest BCUT2D eigenvalue weighted by molar-refractivity contribution is 5.67. The molecule has 0 heterocycles. The van der Waals surface area contributed by atoms with E-state index in [-0.39, 0.29) is 83.6 Å². The zero-order valence-electron chi connectivity index (χ0n) is 23.2. The van der Waals surface area contributed by atoms with E-state index in [1.807, 2.05) is 6.92 Å². The van der Waals surface area contributed by atoms with Crippen LogP contribution in [0.3, 0.4) is 0 Å². The van der Waals surface area contributed by atoms with Gasteiger partial charge in [-0.2, -0.15) is 0 Å². The van der Waals surface area contributed by atoms with Crippen LogP contribution in [-0.4, -0.2) is 47.3 Å². The molecule has 4 aliphatic carbocycles. The van der Waals surface area contributed by atoms with E-state index < -0.39 is 11.4 Å². The van der Waals surface area contributed by atoms with E-state index in [4.69, 9.17) is 14.2 Å². The molecule has 0 aromatic heterocycles. The van der Waals surface area contributed by atoms with Crippen molar-refractivity contribution in [3.05, 3.63) is 0 Å². The van der Waals surface area contributed by atoms with Crippen molar-refractivity contribution in [1.82, 2.24) is 0 Å². The Morgan fingerprint density at radius 3 is 2.11 bits per heavy atom. The van der Waals surface area contributed by atoms with Crippen molar-refractivity contribution in [3.8, 4) is 0 Å². The lowest BCUT2D eigenvalue weighted by atomic mass is 9.43. The first-order chi connectivity index (χ1) is 17.3. The number of ether oxygens (including phenoxy) is 3. The van der Waals surface area contributed by atoms with Crippen LogP contribution >= 0.6 is 0 Å². The Hall–Kier alpha value is -2.12. The maximum Gasteiger partial charge on any atom is 0.303 e. The monoisotopic (exact) mass is 520 g/mol. The van der Waals surface area contributed by atoms with E-state index in [1.165, 1.54) is 20.8 Å². The Labute approximate surface area is 220 Å². The number of fused-ring (bicyclic) bond motifs is 5. The molecule has 37 heavy (non-hydrogen) atoms. The van der Waals surface area contributed by atoms with Crippen molar-refractivity contribution in [2.75, 3.05) is 0 Å². The third-order valence-electron chi connectivity index (χ3n) is 10.9. The molecule has 0 radical (unpaired) electrons. The Bertz CT molecular complexity index is 931. The van der Waals surface area contributed by atoms with Gasteiger partial charge in [-0.25, -0.2) is 0 Å². The third-order valence-corrected chi connectivity index (χ3v) is 10.9. The number of aliphatic carboxylic acids is 1. The Morgan fingerprint density at radius 1 is 0.865 bits per heavy atom. The van der Waals surface area contributed by atoms with E-state index >= 15 is 0 Å². The van der Waals surface area contributed by atoms with Gasteiger partial charge < -0.3 is 19.3 Å². The molecule has 8 heteroatoms. The fourth-order valence-electron chi connectivity index (χ4n) is 9.53. The van der Waals surface area contributed by atoms with Crippen molar-refractivity contribution < 1.29 is 38.5 Å². The third kappa shape index (κ3) is 5.01. The van der Waals surface area contributed by atoms with Crippen LogP contribution in [-0.2, 0) is 33.4 Å².